The summed E-state index contributed by atoms with van der Waals surface area (Å²) in [6, 6.07) is 22.0. The Hall–Kier alpha value is -3.71. The first-order chi connectivity index (χ1) is 18.4. The quantitative estimate of drug-likeness (QED) is 0.353. The van der Waals surface area contributed by atoms with Crippen LogP contribution in [0.15, 0.2) is 72.8 Å². The first-order valence-electron chi connectivity index (χ1n) is 12.9. The number of benzene rings is 3. The summed E-state index contributed by atoms with van der Waals surface area (Å²) < 4.78 is 0. The van der Waals surface area contributed by atoms with Gasteiger partial charge in [0.25, 0.3) is 0 Å². The van der Waals surface area contributed by atoms with E-state index in [1.165, 1.54) is 11.8 Å². The molecule has 7 heteroatoms. The van der Waals surface area contributed by atoms with Gasteiger partial charge in [0.2, 0.25) is 17.7 Å². The highest BCUT2D eigenvalue weighted by molar-refractivity contribution is 7.98. The van der Waals surface area contributed by atoms with Gasteiger partial charge in [0.15, 0.2) is 5.78 Å². The zero-order valence-corrected chi connectivity index (χ0v) is 22.0. The molecule has 0 radical (unpaired) electrons. The Morgan fingerprint density at radius 1 is 0.842 bits per heavy atom. The van der Waals surface area contributed by atoms with Crippen LogP contribution in [0.5, 0.6) is 0 Å². The third-order valence-corrected chi connectivity index (χ3v) is 8.87. The van der Waals surface area contributed by atoms with Gasteiger partial charge in [-0.3, -0.25) is 24.1 Å². The van der Waals surface area contributed by atoms with E-state index in [4.69, 9.17) is 0 Å². The van der Waals surface area contributed by atoms with E-state index < -0.39 is 23.8 Å². The van der Waals surface area contributed by atoms with Crippen molar-refractivity contribution in [1.29, 1.82) is 0 Å². The molecule has 7 rings (SSSR count). The summed E-state index contributed by atoms with van der Waals surface area (Å²) in [5.41, 5.74) is 5.36. The standard InChI is InChI=1S/C31H28N2O4S/c1-17(34)18-8-7-9-19(16-18)32-29(35)24(14-15-38-2)33-30(36)27-25-20-10-3-4-11-21(20)26(28(27)31(33)37)23-13-6-5-12-22(23)25/h3-13,16,24-28H,14-15H2,1-2H3,(H,32,35)/t24-,25?,26?,27+,28+/m1/s1. The van der Waals surface area contributed by atoms with Gasteiger partial charge in [-0.2, -0.15) is 11.8 Å². The van der Waals surface area contributed by atoms with Crippen LogP contribution in [0.3, 0.4) is 0 Å². The van der Waals surface area contributed by atoms with Crippen molar-refractivity contribution in [3.05, 3.63) is 101 Å². The fourth-order valence-corrected chi connectivity index (χ4v) is 7.11. The molecular formula is C31H28N2O4S. The Bertz CT molecular complexity index is 1370. The zero-order valence-electron chi connectivity index (χ0n) is 21.2. The number of Topliss-reactive ketones (excluding diaryl/α,β-unsaturated/α-hetero) is 1. The van der Waals surface area contributed by atoms with Crippen molar-refractivity contribution in [1.82, 2.24) is 4.90 Å². The van der Waals surface area contributed by atoms with Crippen molar-refractivity contribution < 1.29 is 19.2 Å². The smallest absolute Gasteiger partial charge is 0.247 e. The molecule has 0 aromatic heterocycles. The van der Waals surface area contributed by atoms with E-state index in [0.29, 0.717) is 23.4 Å². The molecule has 1 heterocycles. The van der Waals surface area contributed by atoms with E-state index in [2.05, 4.69) is 29.6 Å². The average molecular weight is 525 g/mol. The van der Waals surface area contributed by atoms with Gasteiger partial charge in [-0.05, 0) is 59.7 Å². The fourth-order valence-electron chi connectivity index (χ4n) is 6.66. The third kappa shape index (κ3) is 3.71. The topological polar surface area (TPSA) is 83.6 Å². The minimum atomic E-state index is -0.931. The number of anilines is 1. The first-order valence-corrected chi connectivity index (χ1v) is 14.3. The SMILES string of the molecule is CSCC[C@H](C(=O)Nc1cccc(C(C)=O)c1)N1C(=O)[C@H]2C3c4ccccc4C(c4ccccc43)[C@@H]2C1=O. The van der Waals surface area contributed by atoms with Crippen molar-refractivity contribution in [3.63, 3.8) is 0 Å². The van der Waals surface area contributed by atoms with Crippen LogP contribution in [0.1, 0.15) is 57.8 Å². The van der Waals surface area contributed by atoms with Crippen LogP contribution < -0.4 is 5.32 Å². The second-order valence-electron chi connectivity index (χ2n) is 10.2. The summed E-state index contributed by atoms with van der Waals surface area (Å²) in [5.74, 6) is -1.91. The van der Waals surface area contributed by atoms with Gasteiger partial charge in [-0.1, -0.05) is 60.7 Å². The molecule has 0 unspecified atom stereocenters. The van der Waals surface area contributed by atoms with Crippen molar-refractivity contribution in [2.24, 2.45) is 11.8 Å². The number of carbonyl (C=O) groups is 4. The van der Waals surface area contributed by atoms with Crippen molar-refractivity contribution in [2.45, 2.75) is 31.2 Å². The molecule has 3 aliphatic carbocycles. The third-order valence-electron chi connectivity index (χ3n) is 8.23. The van der Waals surface area contributed by atoms with Gasteiger partial charge in [0, 0.05) is 23.1 Å². The highest BCUT2D eigenvalue weighted by Crippen LogP contribution is 2.61. The van der Waals surface area contributed by atoms with Gasteiger partial charge < -0.3 is 5.32 Å². The van der Waals surface area contributed by atoms with E-state index in [1.807, 2.05) is 30.5 Å². The molecule has 3 aromatic carbocycles. The van der Waals surface area contributed by atoms with Crippen LogP contribution in [0, 0.1) is 11.8 Å². The minimum absolute atomic E-state index is 0.108. The number of nitrogens with one attached hydrogen (secondary N) is 1. The number of nitrogens with zero attached hydrogens (tertiary/aromatic N) is 1. The highest BCUT2D eigenvalue weighted by atomic mass is 32.2. The van der Waals surface area contributed by atoms with Crippen LogP contribution in [-0.2, 0) is 14.4 Å². The van der Waals surface area contributed by atoms with Crippen LogP contribution in [0.4, 0.5) is 5.69 Å². The monoisotopic (exact) mass is 524 g/mol. The number of carbonyl (C=O) groups excluding carboxylic acids is 4. The zero-order chi connectivity index (χ0) is 26.6. The van der Waals surface area contributed by atoms with Gasteiger partial charge in [0.05, 0.1) is 11.8 Å². The number of hydrogen-bond acceptors (Lipinski definition) is 5. The molecule has 1 N–H and O–H groups in total. The predicted octanol–water partition coefficient (Wildman–Crippen LogP) is 4.84. The molecular weight excluding hydrogens is 496 g/mol. The van der Waals surface area contributed by atoms with Gasteiger partial charge in [-0.15, -0.1) is 0 Å². The van der Waals surface area contributed by atoms with Crippen LogP contribution in [-0.4, -0.2) is 46.5 Å². The average Bonchev–Trinajstić information content (AvgIpc) is 3.19. The fraction of sp³-hybridized carbons (Fsp3) is 0.290. The molecule has 4 aliphatic rings. The maximum Gasteiger partial charge on any atom is 0.247 e. The summed E-state index contributed by atoms with van der Waals surface area (Å²) in [6.07, 6.45) is 2.29. The molecule has 1 saturated heterocycles. The Morgan fingerprint density at radius 3 is 1.84 bits per heavy atom. The molecule has 3 atom stereocenters. The molecule has 6 nitrogen and oxygen atoms in total. The number of likely N-dealkylation sites (tertiary alicyclic amines) is 1. The summed E-state index contributed by atoms with van der Waals surface area (Å²) in [5, 5.41) is 2.87. The first kappa shape index (κ1) is 24.6. The van der Waals surface area contributed by atoms with E-state index >= 15 is 0 Å². The molecule has 3 amide bonds. The molecule has 1 fully saturated rings. The maximum absolute atomic E-state index is 14.1. The van der Waals surface area contributed by atoms with E-state index in [-0.39, 0.29) is 29.4 Å². The van der Waals surface area contributed by atoms with Crippen LogP contribution in [0.2, 0.25) is 0 Å². The van der Waals surface area contributed by atoms with Gasteiger partial charge >= 0.3 is 0 Å². The van der Waals surface area contributed by atoms with E-state index in [0.717, 1.165) is 22.3 Å². The molecule has 2 bridgehead atoms. The van der Waals surface area contributed by atoms with Gasteiger partial charge in [0.1, 0.15) is 6.04 Å². The second kappa shape index (κ2) is 9.55. The van der Waals surface area contributed by atoms with Crippen molar-refractivity contribution in [3.8, 4) is 0 Å². The highest BCUT2D eigenvalue weighted by Gasteiger charge is 2.62. The summed E-state index contributed by atoms with van der Waals surface area (Å²) in [7, 11) is 0. The maximum atomic E-state index is 14.1. The lowest BCUT2D eigenvalue weighted by molar-refractivity contribution is -0.146. The second-order valence-corrected chi connectivity index (χ2v) is 11.2. The Balaban J connectivity index is 1.38. The normalized spacial score (nSPS) is 23.5. The molecule has 38 heavy (non-hydrogen) atoms. The number of imide groups is 1. The van der Waals surface area contributed by atoms with Crippen LogP contribution in [0.25, 0.3) is 0 Å². The Kier molecular flexibility index (Phi) is 6.19. The van der Waals surface area contributed by atoms with Gasteiger partial charge in [-0.25, -0.2) is 0 Å². The van der Waals surface area contributed by atoms with E-state index in [1.54, 1.807) is 36.0 Å². The summed E-state index contributed by atoms with van der Waals surface area (Å²) in [4.78, 5) is 55.0. The van der Waals surface area contributed by atoms with Crippen molar-refractivity contribution in [2.75, 3.05) is 17.3 Å². The lowest BCUT2D eigenvalue weighted by atomic mass is 9.55. The minimum Gasteiger partial charge on any atom is -0.324 e. The number of rotatable bonds is 7. The largest absolute Gasteiger partial charge is 0.324 e. The Morgan fingerprint density at radius 2 is 1.37 bits per heavy atom. The lowest BCUT2D eigenvalue weighted by Gasteiger charge is -2.45. The van der Waals surface area contributed by atoms with Crippen LogP contribution >= 0.6 is 11.8 Å². The number of ketones is 1. The molecule has 3 aromatic rings. The number of amides is 3. The summed E-state index contributed by atoms with van der Waals surface area (Å²) in [6.45, 7) is 1.47. The predicted molar refractivity (Wildman–Crippen MR) is 147 cm³/mol. The molecule has 0 spiro atoms. The number of thioether (sulfide) groups is 1. The molecule has 1 aliphatic heterocycles. The Labute approximate surface area is 225 Å². The summed E-state index contributed by atoms with van der Waals surface area (Å²) >= 11 is 1.57. The van der Waals surface area contributed by atoms with Crippen molar-refractivity contribution >= 4 is 41.0 Å². The van der Waals surface area contributed by atoms with E-state index in [9.17, 15) is 19.2 Å². The molecule has 192 valence electrons. The molecule has 0 saturated carbocycles. The number of hydrogen-bond donors (Lipinski definition) is 1. The lowest BCUT2D eigenvalue weighted by Crippen LogP contribution is -2.48.